The monoisotopic (exact) mass is 1520 g/mol. The van der Waals surface area contributed by atoms with Gasteiger partial charge in [-0.3, -0.25) is 37.3 Å². The van der Waals surface area contributed by atoms with E-state index in [2.05, 4.69) is 48.5 Å². The second-order valence-electron chi connectivity index (χ2n) is 32.0. The third kappa shape index (κ3) is 78.2. The lowest BCUT2D eigenvalue weighted by molar-refractivity contribution is -0.161. The van der Waals surface area contributed by atoms with Crippen molar-refractivity contribution in [3.05, 3.63) is 0 Å². The number of hydrogen-bond donors (Lipinski definition) is 3. The second kappa shape index (κ2) is 75.1. The molecule has 0 saturated carbocycles. The van der Waals surface area contributed by atoms with Gasteiger partial charge in [0.05, 0.1) is 26.4 Å². The zero-order chi connectivity index (χ0) is 76.5. The van der Waals surface area contributed by atoms with Crippen LogP contribution in [0.15, 0.2) is 0 Å². The quantitative estimate of drug-likeness (QED) is 0.0222. The van der Waals surface area contributed by atoms with E-state index >= 15 is 0 Å². The molecular formula is C85H166O17P2. The second-order valence-corrected chi connectivity index (χ2v) is 34.9. The van der Waals surface area contributed by atoms with Crippen molar-refractivity contribution in [3.63, 3.8) is 0 Å². The zero-order valence-corrected chi connectivity index (χ0v) is 70.3. The summed E-state index contributed by atoms with van der Waals surface area (Å²) in [5.74, 6) is 0.225. The van der Waals surface area contributed by atoms with E-state index in [1.807, 2.05) is 0 Å². The van der Waals surface area contributed by atoms with Crippen molar-refractivity contribution in [3.8, 4) is 0 Å². The lowest BCUT2D eigenvalue weighted by atomic mass is 10.0. The minimum absolute atomic E-state index is 0.106. The van der Waals surface area contributed by atoms with Crippen molar-refractivity contribution in [2.45, 2.75) is 465 Å². The van der Waals surface area contributed by atoms with Gasteiger partial charge < -0.3 is 33.8 Å². The number of carbonyl (C=O) groups is 4. The zero-order valence-electron chi connectivity index (χ0n) is 68.5. The number of rotatable bonds is 83. The number of ether oxygens (including phenoxy) is 4. The van der Waals surface area contributed by atoms with Crippen molar-refractivity contribution < 1.29 is 80.2 Å². The predicted molar refractivity (Wildman–Crippen MR) is 428 cm³/mol. The van der Waals surface area contributed by atoms with E-state index in [1.54, 1.807) is 0 Å². The van der Waals surface area contributed by atoms with Crippen LogP contribution in [0.1, 0.15) is 447 Å². The van der Waals surface area contributed by atoms with Gasteiger partial charge in [0.2, 0.25) is 0 Å². The Morgan fingerprint density at radius 2 is 0.442 bits per heavy atom. The molecule has 0 aliphatic carbocycles. The van der Waals surface area contributed by atoms with Gasteiger partial charge >= 0.3 is 39.5 Å². The topological polar surface area (TPSA) is 237 Å². The normalized spacial score (nSPS) is 13.9. The molecule has 0 amide bonds. The van der Waals surface area contributed by atoms with Gasteiger partial charge in [-0.1, -0.05) is 395 Å². The lowest BCUT2D eigenvalue weighted by Crippen LogP contribution is -2.30. The van der Waals surface area contributed by atoms with E-state index in [0.29, 0.717) is 25.7 Å². The van der Waals surface area contributed by atoms with Crippen molar-refractivity contribution in [1.29, 1.82) is 0 Å². The van der Waals surface area contributed by atoms with E-state index in [-0.39, 0.29) is 25.7 Å². The fourth-order valence-corrected chi connectivity index (χ4v) is 14.8. The molecular weight excluding hydrogens is 1350 g/mol. The molecule has 0 heterocycles. The highest BCUT2D eigenvalue weighted by Gasteiger charge is 2.30. The third-order valence-corrected chi connectivity index (χ3v) is 21.8. The Balaban J connectivity index is 5.25. The van der Waals surface area contributed by atoms with Crippen LogP contribution in [0.25, 0.3) is 0 Å². The summed E-state index contributed by atoms with van der Waals surface area (Å²) in [6, 6.07) is 0. The van der Waals surface area contributed by atoms with Crippen LogP contribution in [0, 0.1) is 17.8 Å². The predicted octanol–water partition coefficient (Wildman–Crippen LogP) is 25.7. The number of unbranched alkanes of at least 4 members (excludes halogenated alkanes) is 51. The number of phosphoric acid groups is 2. The number of aliphatic hydroxyl groups is 1. The van der Waals surface area contributed by atoms with Crippen LogP contribution in [0.2, 0.25) is 0 Å². The van der Waals surface area contributed by atoms with Gasteiger partial charge in [-0.25, -0.2) is 9.13 Å². The first kappa shape index (κ1) is 102. The molecule has 17 nitrogen and oxygen atoms in total. The molecule has 2 unspecified atom stereocenters. The molecule has 0 aromatic heterocycles. The third-order valence-electron chi connectivity index (χ3n) is 19.9. The first-order chi connectivity index (χ1) is 50.2. The van der Waals surface area contributed by atoms with Crippen LogP contribution in [0.5, 0.6) is 0 Å². The summed E-state index contributed by atoms with van der Waals surface area (Å²) in [4.78, 5) is 73.2. The Bertz CT molecular complexity index is 2010. The summed E-state index contributed by atoms with van der Waals surface area (Å²) >= 11 is 0. The molecule has 0 spiro atoms. The highest BCUT2D eigenvalue weighted by molar-refractivity contribution is 7.47. The SMILES string of the molecule is CCCCCCCCCCCCCCCCCCCC(=O)OC[C@H](COP(=O)(O)OC[C@@H](O)COP(=O)(O)OC[C@@H](COC(=O)CCCCCCCCCCCCC(C)C)OC(=O)CCCCCCCCCCCCC(C)C)OC(=O)CCCCCCCCCCCCCCCCCCCCC(C)C. The molecule has 0 bridgehead atoms. The Morgan fingerprint density at radius 3 is 0.654 bits per heavy atom. The Labute approximate surface area is 638 Å². The van der Waals surface area contributed by atoms with E-state index in [4.69, 9.17) is 37.0 Å². The minimum atomic E-state index is -4.97. The minimum Gasteiger partial charge on any atom is -0.462 e. The largest absolute Gasteiger partial charge is 0.472 e. The van der Waals surface area contributed by atoms with E-state index in [1.165, 1.54) is 257 Å². The van der Waals surface area contributed by atoms with Gasteiger partial charge in [-0.15, -0.1) is 0 Å². The van der Waals surface area contributed by atoms with E-state index < -0.39 is 97.5 Å². The molecule has 0 aliphatic heterocycles. The number of aliphatic hydroxyl groups excluding tert-OH is 1. The molecule has 0 fully saturated rings. The maximum absolute atomic E-state index is 13.1. The molecule has 0 aromatic carbocycles. The number of phosphoric ester groups is 2. The molecule has 0 saturated heterocycles. The molecule has 3 N–H and O–H groups in total. The molecule has 104 heavy (non-hydrogen) atoms. The molecule has 0 aromatic rings. The van der Waals surface area contributed by atoms with Crippen LogP contribution in [0.4, 0.5) is 0 Å². The van der Waals surface area contributed by atoms with Crippen LogP contribution in [-0.2, 0) is 65.4 Å². The number of esters is 4. The van der Waals surface area contributed by atoms with Crippen molar-refractivity contribution in [2.75, 3.05) is 39.6 Å². The lowest BCUT2D eigenvalue weighted by Gasteiger charge is -2.21. The Morgan fingerprint density at radius 1 is 0.260 bits per heavy atom. The highest BCUT2D eigenvalue weighted by atomic mass is 31.2. The van der Waals surface area contributed by atoms with Crippen molar-refractivity contribution in [2.24, 2.45) is 17.8 Å². The Hall–Kier alpha value is -1.94. The van der Waals surface area contributed by atoms with Gasteiger partial charge in [0.25, 0.3) is 0 Å². The van der Waals surface area contributed by atoms with Crippen LogP contribution in [0.3, 0.4) is 0 Å². The van der Waals surface area contributed by atoms with Crippen LogP contribution >= 0.6 is 15.6 Å². The molecule has 0 rings (SSSR count). The molecule has 5 atom stereocenters. The van der Waals surface area contributed by atoms with Gasteiger partial charge in [-0.05, 0) is 43.4 Å². The molecule has 0 aliphatic rings. The van der Waals surface area contributed by atoms with Crippen LogP contribution in [-0.4, -0.2) is 96.7 Å². The summed E-state index contributed by atoms with van der Waals surface area (Å²) in [6.07, 6.45) is 65.2. The fourth-order valence-electron chi connectivity index (χ4n) is 13.2. The summed E-state index contributed by atoms with van der Waals surface area (Å²) in [5.41, 5.74) is 0. The van der Waals surface area contributed by atoms with Crippen LogP contribution < -0.4 is 0 Å². The summed E-state index contributed by atoms with van der Waals surface area (Å²) in [5, 5.41) is 10.7. The van der Waals surface area contributed by atoms with Gasteiger partial charge in [0.15, 0.2) is 12.2 Å². The summed E-state index contributed by atoms with van der Waals surface area (Å²) in [7, 11) is -9.93. The van der Waals surface area contributed by atoms with E-state index in [0.717, 1.165) is 108 Å². The standard InChI is InChI=1S/C85H166O17P2/c1-8-9-10-11-12-13-14-15-16-19-23-26-29-38-45-52-59-66-82(87)95-72-80(101-84(89)68-61-54-47-40-30-27-24-21-18-17-20-22-25-28-35-42-49-56-63-76(2)3)74-99-103(91,92)97-70-79(86)71-98-104(93,94)100-75-81(102-85(90)69-62-55-48-41-34-32-37-44-51-58-65-78(6)7)73-96-83(88)67-60-53-46-39-33-31-36-43-50-57-64-77(4)5/h76-81,86H,8-75H2,1-7H3,(H,91,92)(H,93,94)/t79-,80-,81-/m1/s1. The number of hydrogen-bond acceptors (Lipinski definition) is 15. The first-order valence-corrected chi connectivity index (χ1v) is 46.8. The fraction of sp³-hybridized carbons (Fsp3) is 0.953. The van der Waals surface area contributed by atoms with Crippen molar-refractivity contribution in [1.82, 2.24) is 0 Å². The van der Waals surface area contributed by atoms with Gasteiger partial charge in [0.1, 0.15) is 19.3 Å². The van der Waals surface area contributed by atoms with E-state index in [9.17, 15) is 43.2 Å². The molecule has 0 radical (unpaired) electrons. The smallest absolute Gasteiger partial charge is 0.462 e. The summed E-state index contributed by atoms with van der Waals surface area (Å²) in [6.45, 7) is 12.0. The molecule has 19 heteroatoms. The maximum Gasteiger partial charge on any atom is 0.472 e. The first-order valence-electron chi connectivity index (χ1n) is 43.8. The van der Waals surface area contributed by atoms with Gasteiger partial charge in [0, 0.05) is 25.7 Å². The maximum atomic E-state index is 13.1. The molecule has 618 valence electrons. The van der Waals surface area contributed by atoms with Gasteiger partial charge in [-0.2, -0.15) is 0 Å². The average molecular weight is 1520 g/mol. The van der Waals surface area contributed by atoms with Crippen molar-refractivity contribution >= 4 is 39.5 Å². The average Bonchev–Trinajstić information content (AvgIpc) is 0.914. The summed E-state index contributed by atoms with van der Waals surface area (Å²) < 4.78 is 68.9. The highest BCUT2D eigenvalue weighted by Crippen LogP contribution is 2.45. The number of carbonyl (C=O) groups excluding carboxylic acids is 4. The Kier molecular flexibility index (Phi) is 73.7.